The molecule has 0 radical (unpaired) electrons. The van der Waals surface area contributed by atoms with Crippen LogP contribution in [0.3, 0.4) is 0 Å². The van der Waals surface area contributed by atoms with E-state index in [1.807, 2.05) is 0 Å². The molecule has 1 aliphatic heterocycles. The van der Waals surface area contributed by atoms with E-state index in [0.29, 0.717) is 23.8 Å². The molecule has 134 valence electrons. The second kappa shape index (κ2) is 5.18. The number of aromatic amines is 1. The number of nitrogens with one attached hydrogen (secondary N) is 1. The third kappa shape index (κ3) is 2.15. The molecule has 5 aliphatic rings. The topological polar surface area (TPSA) is 53.9 Å². The van der Waals surface area contributed by atoms with E-state index in [4.69, 9.17) is 12.2 Å². The van der Waals surface area contributed by atoms with Gasteiger partial charge in [0.15, 0.2) is 4.77 Å². The van der Waals surface area contributed by atoms with Gasteiger partial charge in [-0.1, -0.05) is 0 Å². The normalized spacial score (nSPS) is 39.7. The van der Waals surface area contributed by atoms with Gasteiger partial charge in [0.1, 0.15) is 5.82 Å². The highest BCUT2D eigenvalue weighted by molar-refractivity contribution is 7.71. The lowest BCUT2D eigenvalue weighted by molar-refractivity contribution is -0.134. The molecule has 0 spiro atoms. The number of amides is 1. The van der Waals surface area contributed by atoms with Crippen LogP contribution in [-0.2, 0) is 4.79 Å². The maximum absolute atomic E-state index is 13.0. The molecule has 1 amide bonds. The molecule has 4 saturated carbocycles. The molecule has 2 bridgehead atoms. The number of aromatic nitrogens is 3. The summed E-state index contributed by atoms with van der Waals surface area (Å²) >= 11 is 5.42. The first-order chi connectivity index (χ1) is 12.2. The molecule has 6 rings (SSSR count). The number of likely N-dealkylation sites (tertiary alicyclic amines) is 1. The Kier molecular flexibility index (Phi) is 3.10. The van der Waals surface area contributed by atoms with E-state index in [-0.39, 0.29) is 0 Å². The Hall–Kier alpha value is -1.17. The molecule has 25 heavy (non-hydrogen) atoms. The van der Waals surface area contributed by atoms with E-state index in [0.717, 1.165) is 60.2 Å². The van der Waals surface area contributed by atoms with Crippen molar-refractivity contribution in [3.63, 3.8) is 0 Å². The fraction of sp³-hybridized carbons (Fsp3) is 0.842. The number of carbonyl (C=O) groups excluding carboxylic acids is 1. The molecule has 0 unspecified atom stereocenters. The number of fused-ring (bicyclic) bond motifs is 5. The highest BCUT2D eigenvalue weighted by atomic mass is 32.1. The first-order valence-electron chi connectivity index (χ1n) is 10.2. The van der Waals surface area contributed by atoms with Gasteiger partial charge in [0.2, 0.25) is 5.91 Å². The van der Waals surface area contributed by atoms with Crippen LogP contribution in [0, 0.1) is 34.4 Å². The van der Waals surface area contributed by atoms with Crippen molar-refractivity contribution in [2.45, 2.75) is 56.9 Å². The van der Waals surface area contributed by atoms with E-state index < -0.39 is 0 Å². The number of nitrogens with zero attached hydrogens (tertiary/aromatic N) is 3. The van der Waals surface area contributed by atoms with Crippen LogP contribution in [0.4, 0.5) is 0 Å². The first kappa shape index (κ1) is 14.9. The maximum atomic E-state index is 13.0. The number of H-pyrrole nitrogens is 1. The molecular formula is C19H26N4OS. The monoisotopic (exact) mass is 358 g/mol. The third-order valence-corrected chi connectivity index (χ3v) is 8.12. The number of hydrogen-bond donors (Lipinski definition) is 1. The highest BCUT2D eigenvalue weighted by Crippen LogP contribution is 2.69. The van der Waals surface area contributed by atoms with Crippen molar-refractivity contribution in [3.8, 4) is 0 Å². The van der Waals surface area contributed by atoms with Gasteiger partial charge in [0, 0.05) is 31.0 Å². The lowest BCUT2D eigenvalue weighted by Crippen LogP contribution is -2.40. The fourth-order valence-corrected chi connectivity index (χ4v) is 6.80. The molecule has 1 N–H and O–H groups in total. The van der Waals surface area contributed by atoms with Crippen LogP contribution in [0.5, 0.6) is 0 Å². The van der Waals surface area contributed by atoms with E-state index in [9.17, 15) is 4.79 Å². The van der Waals surface area contributed by atoms with Crippen molar-refractivity contribution in [3.05, 3.63) is 10.6 Å². The number of rotatable bonds is 3. The molecule has 0 aromatic carbocycles. The number of carbonyl (C=O) groups is 1. The number of hydrogen-bond acceptors (Lipinski definition) is 3. The molecule has 1 aromatic heterocycles. The number of piperidine rings is 1. The minimum Gasteiger partial charge on any atom is -0.342 e. The van der Waals surface area contributed by atoms with Gasteiger partial charge < -0.3 is 9.47 Å². The Bertz CT molecular complexity index is 757. The third-order valence-electron chi connectivity index (χ3n) is 7.84. The smallest absolute Gasteiger partial charge is 0.226 e. The van der Waals surface area contributed by atoms with Crippen LogP contribution in [0.2, 0.25) is 0 Å². The van der Waals surface area contributed by atoms with Crippen molar-refractivity contribution in [2.75, 3.05) is 13.1 Å². The lowest BCUT2D eigenvalue weighted by atomic mass is 9.94. The summed E-state index contributed by atoms with van der Waals surface area (Å²) in [4.78, 5) is 15.2. The zero-order valence-electron chi connectivity index (χ0n) is 14.6. The van der Waals surface area contributed by atoms with Crippen LogP contribution in [0.1, 0.15) is 62.7 Å². The summed E-state index contributed by atoms with van der Waals surface area (Å²) in [5, 5.41) is 7.53. The second-order valence-corrected chi connectivity index (χ2v) is 9.49. The molecule has 6 heteroatoms. The largest absolute Gasteiger partial charge is 0.342 e. The van der Waals surface area contributed by atoms with Crippen molar-refractivity contribution in [1.29, 1.82) is 0 Å². The average molecular weight is 359 g/mol. The Balaban J connectivity index is 1.13. The summed E-state index contributed by atoms with van der Waals surface area (Å²) < 4.78 is 3.03. The zero-order valence-corrected chi connectivity index (χ0v) is 15.4. The van der Waals surface area contributed by atoms with Crippen LogP contribution in [0.15, 0.2) is 0 Å². The molecule has 4 atom stereocenters. The van der Waals surface area contributed by atoms with Crippen molar-refractivity contribution in [1.82, 2.24) is 19.7 Å². The average Bonchev–Trinajstić information content (AvgIpc) is 3.50. The molecule has 2 heterocycles. The van der Waals surface area contributed by atoms with Crippen molar-refractivity contribution >= 4 is 18.1 Å². The maximum Gasteiger partial charge on any atom is 0.226 e. The summed E-state index contributed by atoms with van der Waals surface area (Å²) in [6, 6.07) is 0.572. The van der Waals surface area contributed by atoms with Crippen LogP contribution < -0.4 is 0 Å². The fourth-order valence-electron chi connectivity index (χ4n) is 6.51. The van der Waals surface area contributed by atoms with Gasteiger partial charge in [0.25, 0.3) is 0 Å². The molecular weight excluding hydrogens is 332 g/mol. The van der Waals surface area contributed by atoms with E-state index in [2.05, 4.69) is 19.7 Å². The summed E-state index contributed by atoms with van der Waals surface area (Å²) in [5.41, 5.74) is 0. The SMILES string of the molecule is O=C(C1[C@@H]2[C@H]3CC[C@@H](C3)[C@@H]12)N1CCC(c2n[nH]c(=S)n2C2CC2)CC1. The lowest BCUT2D eigenvalue weighted by Gasteiger charge is -2.32. The van der Waals surface area contributed by atoms with E-state index >= 15 is 0 Å². The van der Waals surface area contributed by atoms with Crippen molar-refractivity contribution < 1.29 is 4.79 Å². The summed E-state index contributed by atoms with van der Waals surface area (Å²) in [6.45, 7) is 1.80. The molecule has 5 fully saturated rings. The van der Waals surface area contributed by atoms with Gasteiger partial charge in [-0.15, -0.1) is 0 Å². The molecule has 1 aromatic rings. The Morgan fingerprint density at radius 1 is 1.04 bits per heavy atom. The van der Waals surface area contributed by atoms with Gasteiger partial charge in [-0.2, -0.15) is 5.10 Å². The van der Waals surface area contributed by atoms with Crippen LogP contribution in [-0.4, -0.2) is 38.7 Å². The van der Waals surface area contributed by atoms with Gasteiger partial charge >= 0.3 is 0 Å². The molecule has 5 nitrogen and oxygen atoms in total. The Labute approximate surface area is 153 Å². The summed E-state index contributed by atoms with van der Waals surface area (Å²) in [7, 11) is 0. The quantitative estimate of drug-likeness (QED) is 0.844. The minimum atomic E-state index is 0.392. The second-order valence-electron chi connectivity index (χ2n) is 9.10. The molecule has 4 aliphatic carbocycles. The van der Waals surface area contributed by atoms with Gasteiger partial charge in [-0.05, 0) is 80.8 Å². The van der Waals surface area contributed by atoms with Crippen molar-refractivity contribution in [2.24, 2.45) is 29.6 Å². The zero-order chi connectivity index (χ0) is 16.7. The minimum absolute atomic E-state index is 0.392. The summed E-state index contributed by atoms with van der Waals surface area (Å²) in [5.74, 6) is 5.75. The summed E-state index contributed by atoms with van der Waals surface area (Å²) in [6.07, 6.45) is 8.73. The first-order valence-corrected chi connectivity index (χ1v) is 10.6. The van der Waals surface area contributed by atoms with E-state index in [1.54, 1.807) is 0 Å². The van der Waals surface area contributed by atoms with Gasteiger partial charge in [-0.3, -0.25) is 9.89 Å². The Morgan fingerprint density at radius 3 is 2.36 bits per heavy atom. The van der Waals surface area contributed by atoms with Gasteiger partial charge in [0.05, 0.1) is 0 Å². The predicted octanol–water partition coefficient (Wildman–Crippen LogP) is 3.27. The highest BCUT2D eigenvalue weighted by Gasteiger charge is 2.68. The van der Waals surface area contributed by atoms with Crippen LogP contribution in [0.25, 0.3) is 0 Å². The standard InChI is InChI=1S/C19H26N4OS/c24-18(16-14-11-1-2-12(9-11)15(14)16)22-7-5-10(6-8-22)17-20-21-19(25)23(17)13-3-4-13/h10-16H,1-9H2,(H,21,25)/t11-,12-,14+,15+/m0/s1. The Morgan fingerprint density at radius 2 is 1.72 bits per heavy atom. The molecule has 1 saturated heterocycles. The van der Waals surface area contributed by atoms with Gasteiger partial charge in [-0.25, -0.2) is 0 Å². The van der Waals surface area contributed by atoms with Crippen LogP contribution >= 0.6 is 12.2 Å². The van der Waals surface area contributed by atoms with E-state index in [1.165, 1.54) is 32.1 Å². The predicted molar refractivity (Wildman–Crippen MR) is 95.5 cm³/mol.